The van der Waals surface area contributed by atoms with Crippen molar-refractivity contribution in [2.45, 2.75) is 12.8 Å². The SMILES string of the molecule is CC(=O)C(C(=O)c1ccccc1)[C@@H](C[N+](=O)[O-])c1ccccc1. The summed E-state index contributed by atoms with van der Waals surface area (Å²) in [5.41, 5.74) is 1.01. The van der Waals surface area contributed by atoms with Gasteiger partial charge in [-0.1, -0.05) is 60.7 Å². The van der Waals surface area contributed by atoms with Crippen LogP contribution in [0, 0.1) is 16.0 Å². The molecule has 0 aliphatic heterocycles. The van der Waals surface area contributed by atoms with Crippen LogP contribution in [0.3, 0.4) is 0 Å². The fourth-order valence-electron chi connectivity index (χ4n) is 2.70. The monoisotopic (exact) mass is 311 g/mol. The van der Waals surface area contributed by atoms with Crippen LogP contribution in [0.4, 0.5) is 0 Å². The standard InChI is InChI=1S/C18H17NO4/c1-13(20)17(18(21)15-10-6-3-7-11-15)16(12-19(22)23)14-8-4-2-5-9-14/h2-11,16-17H,12H2,1H3/t16-,17?/m0/s1. The third-order valence-corrected chi connectivity index (χ3v) is 3.75. The normalized spacial score (nSPS) is 13.1. The molecule has 2 atom stereocenters. The number of Topliss-reactive ketones (excluding diaryl/α,β-unsaturated/α-hetero) is 2. The third-order valence-electron chi connectivity index (χ3n) is 3.75. The Kier molecular flexibility index (Phi) is 5.36. The minimum Gasteiger partial charge on any atom is -0.299 e. The zero-order chi connectivity index (χ0) is 16.8. The fourth-order valence-corrected chi connectivity index (χ4v) is 2.70. The maximum absolute atomic E-state index is 12.7. The van der Waals surface area contributed by atoms with Crippen molar-refractivity contribution < 1.29 is 14.5 Å². The van der Waals surface area contributed by atoms with Crippen LogP contribution < -0.4 is 0 Å². The first kappa shape index (κ1) is 16.5. The topological polar surface area (TPSA) is 77.3 Å². The first-order chi connectivity index (χ1) is 11.0. The number of hydrogen-bond acceptors (Lipinski definition) is 4. The maximum atomic E-state index is 12.7. The second-order valence-electron chi connectivity index (χ2n) is 5.35. The number of nitrogens with zero attached hydrogens (tertiary/aromatic N) is 1. The zero-order valence-corrected chi connectivity index (χ0v) is 12.7. The Morgan fingerprint density at radius 3 is 2.00 bits per heavy atom. The van der Waals surface area contributed by atoms with Crippen molar-refractivity contribution in [1.29, 1.82) is 0 Å². The molecule has 118 valence electrons. The molecule has 2 aromatic carbocycles. The van der Waals surface area contributed by atoms with Gasteiger partial charge in [-0.3, -0.25) is 19.7 Å². The highest BCUT2D eigenvalue weighted by atomic mass is 16.6. The molecule has 0 saturated heterocycles. The molecule has 2 aromatic rings. The van der Waals surface area contributed by atoms with Gasteiger partial charge in [0.1, 0.15) is 5.78 Å². The van der Waals surface area contributed by atoms with E-state index in [1.165, 1.54) is 6.92 Å². The lowest BCUT2D eigenvalue weighted by atomic mass is 9.79. The van der Waals surface area contributed by atoms with Gasteiger partial charge >= 0.3 is 0 Å². The number of carbonyl (C=O) groups is 2. The molecule has 0 fully saturated rings. The van der Waals surface area contributed by atoms with Crippen LogP contribution in [0.1, 0.15) is 28.8 Å². The third kappa shape index (κ3) is 4.10. The van der Waals surface area contributed by atoms with Crippen LogP contribution in [0.25, 0.3) is 0 Å². The minimum absolute atomic E-state index is 0.366. The Labute approximate surface area is 134 Å². The van der Waals surface area contributed by atoms with E-state index in [0.29, 0.717) is 11.1 Å². The van der Waals surface area contributed by atoms with Gasteiger partial charge in [0.05, 0.1) is 11.8 Å². The molecule has 0 saturated carbocycles. The molecule has 1 unspecified atom stereocenters. The summed E-state index contributed by atoms with van der Waals surface area (Å²) >= 11 is 0. The molecule has 0 N–H and O–H groups in total. The lowest BCUT2D eigenvalue weighted by molar-refractivity contribution is -0.484. The van der Waals surface area contributed by atoms with E-state index in [1.54, 1.807) is 60.7 Å². The van der Waals surface area contributed by atoms with Crippen LogP contribution >= 0.6 is 0 Å². The van der Waals surface area contributed by atoms with Gasteiger partial charge in [-0.15, -0.1) is 0 Å². The zero-order valence-electron chi connectivity index (χ0n) is 12.7. The highest BCUT2D eigenvalue weighted by Gasteiger charge is 2.37. The molecule has 5 nitrogen and oxygen atoms in total. The van der Waals surface area contributed by atoms with E-state index >= 15 is 0 Å². The van der Waals surface area contributed by atoms with Crippen molar-refractivity contribution in [3.8, 4) is 0 Å². The second kappa shape index (κ2) is 7.45. The molecule has 5 heteroatoms. The Bertz CT molecular complexity index is 697. The van der Waals surface area contributed by atoms with Gasteiger partial charge in [0, 0.05) is 10.5 Å². The predicted octanol–water partition coefficient (Wildman–Crippen LogP) is 3.14. The van der Waals surface area contributed by atoms with Crippen LogP contribution in [0.2, 0.25) is 0 Å². The van der Waals surface area contributed by atoms with Gasteiger partial charge in [-0.05, 0) is 12.5 Å². The summed E-state index contributed by atoms with van der Waals surface area (Å²) in [4.78, 5) is 35.4. The second-order valence-corrected chi connectivity index (χ2v) is 5.35. The number of rotatable bonds is 7. The van der Waals surface area contributed by atoms with E-state index in [-0.39, 0.29) is 11.6 Å². The van der Waals surface area contributed by atoms with E-state index in [1.807, 2.05) is 0 Å². The van der Waals surface area contributed by atoms with Crippen LogP contribution in [-0.4, -0.2) is 23.0 Å². The van der Waals surface area contributed by atoms with Crippen molar-refractivity contribution in [1.82, 2.24) is 0 Å². The predicted molar refractivity (Wildman–Crippen MR) is 86.0 cm³/mol. The quantitative estimate of drug-likeness (QED) is 0.340. The molecule has 0 heterocycles. The molecule has 0 aliphatic carbocycles. The molecule has 2 rings (SSSR count). The van der Waals surface area contributed by atoms with Crippen molar-refractivity contribution >= 4 is 11.6 Å². The van der Waals surface area contributed by atoms with E-state index in [2.05, 4.69) is 0 Å². The maximum Gasteiger partial charge on any atom is 0.211 e. The summed E-state index contributed by atoms with van der Waals surface area (Å²) in [7, 11) is 0. The molecular formula is C18H17NO4. The van der Waals surface area contributed by atoms with Gasteiger partial charge in [0.25, 0.3) is 0 Å². The summed E-state index contributed by atoms with van der Waals surface area (Å²) < 4.78 is 0. The summed E-state index contributed by atoms with van der Waals surface area (Å²) in [6.07, 6.45) is 0. The van der Waals surface area contributed by atoms with Gasteiger partial charge in [0.2, 0.25) is 6.54 Å². The van der Waals surface area contributed by atoms with E-state index in [9.17, 15) is 19.7 Å². The van der Waals surface area contributed by atoms with Crippen LogP contribution in [0.5, 0.6) is 0 Å². The van der Waals surface area contributed by atoms with Gasteiger partial charge in [-0.25, -0.2) is 0 Å². The number of hydrogen-bond donors (Lipinski definition) is 0. The number of ketones is 2. The lowest BCUT2D eigenvalue weighted by Gasteiger charge is -2.21. The molecule has 0 spiro atoms. The number of carbonyl (C=O) groups excluding carboxylic acids is 2. The first-order valence-electron chi connectivity index (χ1n) is 7.27. The lowest BCUT2D eigenvalue weighted by Crippen LogP contribution is -2.32. The van der Waals surface area contributed by atoms with E-state index < -0.39 is 23.3 Å². The summed E-state index contributed by atoms with van der Waals surface area (Å²) in [5.74, 6) is -2.59. The molecule has 0 amide bonds. The van der Waals surface area contributed by atoms with Gasteiger partial charge in [-0.2, -0.15) is 0 Å². The average Bonchev–Trinajstić information content (AvgIpc) is 2.55. The van der Waals surface area contributed by atoms with Crippen LogP contribution in [0.15, 0.2) is 60.7 Å². The Hall–Kier alpha value is -2.82. The van der Waals surface area contributed by atoms with Crippen molar-refractivity contribution in [2.24, 2.45) is 5.92 Å². The molecule has 0 radical (unpaired) electrons. The van der Waals surface area contributed by atoms with Gasteiger partial charge in [0.15, 0.2) is 5.78 Å². The number of benzene rings is 2. The number of nitro groups is 1. The molecule has 0 aliphatic rings. The van der Waals surface area contributed by atoms with Crippen molar-refractivity contribution in [3.63, 3.8) is 0 Å². The highest BCUT2D eigenvalue weighted by Crippen LogP contribution is 2.29. The molecule has 0 bridgehead atoms. The average molecular weight is 311 g/mol. The highest BCUT2D eigenvalue weighted by molar-refractivity contribution is 6.10. The van der Waals surface area contributed by atoms with Crippen LogP contribution in [-0.2, 0) is 4.79 Å². The summed E-state index contributed by atoms with van der Waals surface area (Å²) in [6, 6.07) is 17.1. The summed E-state index contributed by atoms with van der Waals surface area (Å²) in [5, 5.41) is 11.1. The Balaban J connectivity index is 2.45. The van der Waals surface area contributed by atoms with Crippen molar-refractivity contribution in [3.05, 3.63) is 81.9 Å². The molecule has 23 heavy (non-hydrogen) atoms. The Morgan fingerprint density at radius 2 is 1.52 bits per heavy atom. The van der Waals surface area contributed by atoms with Gasteiger partial charge < -0.3 is 0 Å². The largest absolute Gasteiger partial charge is 0.299 e. The smallest absolute Gasteiger partial charge is 0.211 e. The molecule has 0 aromatic heterocycles. The van der Waals surface area contributed by atoms with E-state index in [4.69, 9.17) is 0 Å². The van der Waals surface area contributed by atoms with Crippen molar-refractivity contribution in [2.75, 3.05) is 6.54 Å². The molecular weight excluding hydrogens is 294 g/mol. The Morgan fingerprint density at radius 1 is 1.00 bits per heavy atom. The fraction of sp³-hybridized carbons (Fsp3) is 0.222. The van der Waals surface area contributed by atoms with E-state index in [0.717, 1.165) is 0 Å². The first-order valence-corrected chi connectivity index (χ1v) is 7.27. The minimum atomic E-state index is -1.06. The summed E-state index contributed by atoms with van der Waals surface area (Å²) in [6.45, 7) is 0.841.